The number of nitro groups is 1. The van der Waals surface area contributed by atoms with Gasteiger partial charge in [0, 0.05) is 17.4 Å². The van der Waals surface area contributed by atoms with Crippen LogP contribution in [0.25, 0.3) is 0 Å². The molecule has 1 aliphatic rings. The molecular formula is C12H19N5O2S. The maximum absolute atomic E-state index is 11.1. The van der Waals surface area contributed by atoms with Crippen molar-refractivity contribution in [2.45, 2.75) is 37.5 Å². The molecule has 1 aromatic heterocycles. The van der Waals surface area contributed by atoms with E-state index in [0.717, 1.165) is 25.0 Å². The van der Waals surface area contributed by atoms with Crippen LogP contribution in [0.2, 0.25) is 0 Å². The van der Waals surface area contributed by atoms with Crippen LogP contribution in [0.3, 0.4) is 0 Å². The number of rotatable bonds is 6. The minimum absolute atomic E-state index is 0.0175. The van der Waals surface area contributed by atoms with Crippen molar-refractivity contribution in [1.82, 2.24) is 4.98 Å². The average Bonchev–Trinajstić information content (AvgIpc) is 2.86. The number of hydrazine groups is 1. The van der Waals surface area contributed by atoms with Crippen LogP contribution < -0.4 is 16.6 Å². The molecule has 4 N–H and O–H groups in total. The van der Waals surface area contributed by atoms with E-state index in [1.165, 1.54) is 12.1 Å². The van der Waals surface area contributed by atoms with Crippen molar-refractivity contribution < 1.29 is 4.92 Å². The summed E-state index contributed by atoms with van der Waals surface area (Å²) >= 11 is 1.89. The van der Waals surface area contributed by atoms with Gasteiger partial charge < -0.3 is 10.7 Å². The fraction of sp³-hybridized carbons (Fsp3) is 0.583. The zero-order chi connectivity index (χ0) is 14.5. The van der Waals surface area contributed by atoms with E-state index in [1.54, 1.807) is 0 Å². The van der Waals surface area contributed by atoms with E-state index < -0.39 is 4.92 Å². The van der Waals surface area contributed by atoms with Gasteiger partial charge in [-0.3, -0.25) is 10.1 Å². The van der Waals surface area contributed by atoms with E-state index in [2.05, 4.69) is 22.7 Å². The maximum atomic E-state index is 11.1. The number of nitrogen functional groups attached to an aromatic ring is 1. The van der Waals surface area contributed by atoms with Crippen molar-refractivity contribution in [2.75, 3.05) is 16.5 Å². The third-order valence-electron chi connectivity index (χ3n) is 3.37. The Hall–Kier alpha value is -1.54. The van der Waals surface area contributed by atoms with Crippen LogP contribution in [-0.4, -0.2) is 27.0 Å². The molecule has 0 spiro atoms. The summed E-state index contributed by atoms with van der Waals surface area (Å²) in [5, 5.41) is 14.8. The minimum atomic E-state index is -0.424. The van der Waals surface area contributed by atoms with Crippen LogP contribution in [0.5, 0.6) is 0 Å². The lowest BCUT2D eigenvalue weighted by molar-refractivity contribution is -0.384. The maximum Gasteiger partial charge on any atom is 0.311 e. The van der Waals surface area contributed by atoms with E-state index in [1.807, 2.05) is 11.8 Å². The van der Waals surface area contributed by atoms with E-state index in [0.29, 0.717) is 16.9 Å². The smallest absolute Gasteiger partial charge is 0.311 e. The lowest BCUT2D eigenvalue weighted by atomic mass is 10.2. The third kappa shape index (κ3) is 3.31. The molecule has 0 saturated heterocycles. The standard InChI is InChI=1S/C12H19N5O2S/c1-2-20-10-5-3-4-8(10)14-12-9(17(18)19)6-7-11(15-12)16-13/h6-8,10H,2-5,13H2,1H3,(H2,14,15,16). The summed E-state index contributed by atoms with van der Waals surface area (Å²) in [6.07, 6.45) is 3.29. The first-order valence-corrected chi connectivity index (χ1v) is 7.70. The van der Waals surface area contributed by atoms with Gasteiger partial charge in [0.25, 0.3) is 0 Å². The Balaban J connectivity index is 2.20. The molecule has 1 fully saturated rings. The summed E-state index contributed by atoms with van der Waals surface area (Å²) in [6.45, 7) is 2.12. The summed E-state index contributed by atoms with van der Waals surface area (Å²) in [7, 11) is 0. The van der Waals surface area contributed by atoms with Gasteiger partial charge >= 0.3 is 5.69 Å². The van der Waals surface area contributed by atoms with Crippen LogP contribution in [-0.2, 0) is 0 Å². The zero-order valence-electron chi connectivity index (χ0n) is 11.3. The van der Waals surface area contributed by atoms with E-state index in [-0.39, 0.29) is 11.7 Å². The van der Waals surface area contributed by atoms with Crippen molar-refractivity contribution in [3.8, 4) is 0 Å². The monoisotopic (exact) mass is 297 g/mol. The molecule has 0 aliphatic heterocycles. The Kier molecular flexibility index (Phi) is 5.02. The average molecular weight is 297 g/mol. The van der Waals surface area contributed by atoms with E-state index in [4.69, 9.17) is 5.84 Å². The van der Waals surface area contributed by atoms with Crippen molar-refractivity contribution >= 4 is 29.1 Å². The largest absolute Gasteiger partial charge is 0.360 e. The summed E-state index contributed by atoms with van der Waals surface area (Å²) in [4.78, 5) is 14.8. The van der Waals surface area contributed by atoms with Crippen molar-refractivity contribution in [3.63, 3.8) is 0 Å². The van der Waals surface area contributed by atoms with Crippen LogP contribution in [0.1, 0.15) is 26.2 Å². The molecule has 0 bridgehead atoms. The molecule has 1 aliphatic carbocycles. The highest BCUT2D eigenvalue weighted by Crippen LogP contribution is 2.34. The Bertz CT molecular complexity index is 485. The summed E-state index contributed by atoms with van der Waals surface area (Å²) < 4.78 is 0. The molecule has 110 valence electrons. The van der Waals surface area contributed by atoms with Gasteiger partial charge in [-0.25, -0.2) is 10.8 Å². The predicted octanol–water partition coefficient (Wildman–Crippen LogP) is 2.36. The van der Waals surface area contributed by atoms with Gasteiger partial charge in [0.1, 0.15) is 5.82 Å². The summed E-state index contributed by atoms with van der Waals surface area (Å²) in [5.41, 5.74) is 2.40. The molecular weight excluding hydrogens is 278 g/mol. The fourth-order valence-corrected chi connectivity index (χ4v) is 3.66. The van der Waals surface area contributed by atoms with Crippen LogP contribution in [0, 0.1) is 10.1 Å². The molecule has 2 atom stereocenters. The highest BCUT2D eigenvalue weighted by atomic mass is 32.2. The molecule has 7 nitrogen and oxygen atoms in total. The van der Waals surface area contributed by atoms with Crippen LogP contribution in [0.15, 0.2) is 12.1 Å². The second kappa shape index (κ2) is 6.76. The van der Waals surface area contributed by atoms with E-state index in [9.17, 15) is 10.1 Å². The molecule has 20 heavy (non-hydrogen) atoms. The molecule has 2 rings (SSSR count). The van der Waals surface area contributed by atoms with E-state index >= 15 is 0 Å². The molecule has 1 aromatic rings. The van der Waals surface area contributed by atoms with Gasteiger partial charge in [-0.15, -0.1) is 0 Å². The quantitative estimate of drug-likeness (QED) is 0.420. The number of nitrogens with zero attached hydrogens (tertiary/aromatic N) is 2. The number of hydrogen-bond acceptors (Lipinski definition) is 7. The molecule has 0 amide bonds. The second-order valence-electron chi connectivity index (χ2n) is 4.64. The van der Waals surface area contributed by atoms with Gasteiger partial charge in [-0.05, 0) is 24.7 Å². The topological polar surface area (TPSA) is 106 Å². The Morgan fingerprint density at radius 1 is 1.55 bits per heavy atom. The Labute approximate surface area is 121 Å². The highest BCUT2D eigenvalue weighted by Gasteiger charge is 2.29. The Morgan fingerprint density at radius 2 is 2.35 bits per heavy atom. The van der Waals surface area contributed by atoms with Crippen molar-refractivity contribution in [3.05, 3.63) is 22.2 Å². The van der Waals surface area contributed by atoms with Crippen LogP contribution in [0.4, 0.5) is 17.3 Å². The minimum Gasteiger partial charge on any atom is -0.360 e. The van der Waals surface area contributed by atoms with Gasteiger partial charge in [0.2, 0.25) is 5.82 Å². The number of pyridine rings is 1. The van der Waals surface area contributed by atoms with Crippen molar-refractivity contribution in [2.24, 2.45) is 5.84 Å². The first-order valence-electron chi connectivity index (χ1n) is 6.66. The predicted molar refractivity (Wildman–Crippen MR) is 81.9 cm³/mol. The van der Waals surface area contributed by atoms with Crippen molar-refractivity contribution in [1.29, 1.82) is 0 Å². The third-order valence-corrected chi connectivity index (χ3v) is 4.70. The number of nitrogens with one attached hydrogen (secondary N) is 2. The number of hydrogen-bond donors (Lipinski definition) is 3. The SMILES string of the molecule is CCSC1CCCC1Nc1nc(NN)ccc1[N+](=O)[O-]. The van der Waals surface area contributed by atoms with Crippen LogP contribution >= 0.6 is 11.8 Å². The number of nitrogens with two attached hydrogens (primary N) is 1. The molecule has 1 saturated carbocycles. The summed E-state index contributed by atoms with van der Waals surface area (Å²) in [5.74, 6) is 7.06. The molecule has 2 unspecified atom stereocenters. The zero-order valence-corrected chi connectivity index (χ0v) is 12.2. The Morgan fingerprint density at radius 3 is 3.00 bits per heavy atom. The molecule has 1 heterocycles. The van der Waals surface area contributed by atoms with Gasteiger partial charge in [-0.1, -0.05) is 13.3 Å². The fourth-order valence-electron chi connectivity index (χ4n) is 2.47. The lowest BCUT2D eigenvalue weighted by Crippen LogP contribution is -2.27. The molecule has 0 radical (unpaired) electrons. The number of thioether (sulfide) groups is 1. The first-order chi connectivity index (χ1) is 9.65. The number of aromatic nitrogens is 1. The molecule has 0 aromatic carbocycles. The summed E-state index contributed by atoms with van der Waals surface area (Å²) in [6, 6.07) is 3.14. The first kappa shape index (κ1) is 14.9. The highest BCUT2D eigenvalue weighted by molar-refractivity contribution is 7.99. The molecule has 8 heteroatoms. The van der Waals surface area contributed by atoms with Gasteiger partial charge in [-0.2, -0.15) is 11.8 Å². The number of anilines is 2. The second-order valence-corrected chi connectivity index (χ2v) is 6.16. The van der Waals surface area contributed by atoms with Gasteiger partial charge in [0.05, 0.1) is 4.92 Å². The normalized spacial score (nSPS) is 21.7. The van der Waals surface area contributed by atoms with Gasteiger partial charge in [0.15, 0.2) is 0 Å². The lowest BCUT2D eigenvalue weighted by Gasteiger charge is -2.20.